The molecule has 0 radical (unpaired) electrons. The number of carbonyl (C=O) groups is 1. The van der Waals surface area contributed by atoms with Crippen LogP contribution in [0.1, 0.15) is 33.1 Å². The minimum absolute atomic E-state index is 0.231. The Balaban J connectivity index is 2.19. The summed E-state index contributed by atoms with van der Waals surface area (Å²) in [6.07, 6.45) is 2.54. The number of hydrogen-bond acceptors (Lipinski definition) is 4. The van der Waals surface area contributed by atoms with E-state index in [1.165, 1.54) is 0 Å². The van der Waals surface area contributed by atoms with Crippen molar-refractivity contribution < 1.29 is 18.4 Å². The van der Waals surface area contributed by atoms with Gasteiger partial charge in [-0.25, -0.2) is 0 Å². The number of rotatable bonds is 9. The number of ether oxygens (including phenoxy) is 1. The van der Waals surface area contributed by atoms with Gasteiger partial charge in [-0.3, -0.25) is 4.79 Å². The fraction of sp³-hybridized carbons (Fsp3) is 0.929. The van der Waals surface area contributed by atoms with E-state index in [2.05, 4.69) is 13.8 Å². The predicted octanol–water partition coefficient (Wildman–Crippen LogP) is 2.16. The molecule has 0 aromatic heterocycles. The fourth-order valence-corrected chi connectivity index (χ4v) is 2.77. The smallest absolute Gasteiger partial charge is 0.331 e. The van der Waals surface area contributed by atoms with Crippen LogP contribution in [0.4, 0.5) is 0 Å². The molecule has 20 heavy (non-hydrogen) atoms. The number of hydrogen-bond donors (Lipinski definition) is 0. The molecule has 0 N–H and O–H groups in total. The minimum Gasteiger partial charge on any atom is -0.398 e. The van der Waals surface area contributed by atoms with Gasteiger partial charge >= 0.3 is 8.56 Å². The maximum atomic E-state index is 11.6. The summed E-state index contributed by atoms with van der Waals surface area (Å²) in [5.74, 6) is 0.275. The number of amides is 1. The van der Waals surface area contributed by atoms with Gasteiger partial charge in [0.1, 0.15) is 0 Å². The fourth-order valence-electron chi connectivity index (χ4n) is 2.08. The molecular weight excluding hydrogens is 274 g/mol. The highest BCUT2D eigenvalue weighted by Gasteiger charge is 2.26. The summed E-state index contributed by atoms with van der Waals surface area (Å²) in [6.45, 7) is 10.9. The van der Waals surface area contributed by atoms with Crippen LogP contribution in [0, 0.1) is 0 Å². The Labute approximate surface area is 123 Å². The number of likely N-dealkylation sites (tertiary alicyclic amines) is 1. The lowest BCUT2D eigenvalue weighted by atomic mass is 10.1. The summed E-state index contributed by atoms with van der Waals surface area (Å²) in [4.78, 5) is 13.5. The van der Waals surface area contributed by atoms with Gasteiger partial charge in [-0.1, -0.05) is 0 Å². The lowest BCUT2D eigenvalue weighted by Gasteiger charge is -2.28. The van der Waals surface area contributed by atoms with Crippen molar-refractivity contribution in [2.75, 3.05) is 33.4 Å². The largest absolute Gasteiger partial charge is 0.398 e. The molecular formula is C14H29NO4Si. The minimum atomic E-state index is -1.96. The van der Waals surface area contributed by atoms with Gasteiger partial charge in [0.15, 0.2) is 0 Å². The highest BCUT2D eigenvalue weighted by Crippen LogP contribution is 2.18. The van der Waals surface area contributed by atoms with Crippen molar-refractivity contribution in [3.63, 3.8) is 0 Å². The molecule has 0 aliphatic carbocycles. The maximum absolute atomic E-state index is 11.6. The van der Waals surface area contributed by atoms with Crippen molar-refractivity contribution in [3.05, 3.63) is 0 Å². The van der Waals surface area contributed by atoms with E-state index in [1.54, 1.807) is 7.11 Å². The van der Waals surface area contributed by atoms with Gasteiger partial charge in [0.2, 0.25) is 5.91 Å². The van der Waals surface area contributed by atoms with E-state index in [-0.39, 0.29) is 11.5 Å². The first kappa shape index (κ1) is 17.6. The zero-order chi connectivity index (χ0) is 15.2. The average molecular weight is 303 g/mol. The van der Waals surface area contributed by atoms with Crippen LogP contribution < -0.4 is 0 Å². The number of carbonyl (C=O) groups excluding carboxylic acids is 1. The van der Waals surface area contributed by atoms with Gasteiger partial charge in [-0.2, -0.15) is 0 Å². The van der Waals surface area contributed by atoms with Gasteiger partial charge in [0, 0.05) is 26.6 Å². The average Bonchev–Trinajstić information content (AvgIpc) is 2.78. The first-order valence-electron chi connectivity index (χ1n) is 7.37. The Kier molecular flexibility index (Phi) is 6.64. The molecule has 0 bridgehead atoms. The van der Waals surface area contributed by atoms with Crippen LogP contribution >= 0.6 is 0 Å². The van der Waals surface area contributed by atoms with Gasteiger partial charge in [0.25, 0.3) is 0 Å². The molecule has 1 rings (SSSR count). The Morgan fingerprint density at radius 1 is 1.30 bits per heavy atom. The van der Waals surface area contributed by atoms with Crippen LogP contribution in [0.15, 0.2) is 0 Å². The van der Waals surface area contributed by atoms with Crippen LogP contribution in [-0.2, 0) is 18.4 Å². The highest BCUT2D eigenvalue weighted by molar-refractivity contribution is 6.64. The van der Waals surface area contributed by atoms with E-state index in [1.807, 2.05) is 18.0 Å². The molecule has 5 nitrogen and oxygen atoms in total. The third-order valence-electron chi connectivity index (χ3n) is 3.67. The Bertz CT molecular complexity index is 320. The second kappa shape index (κ2) is 7.54. The zero-order valence-electron chi connectivity index (χ0n) is 13.5. The second-order valence-electron chi connectivity index (χ2n) is 6.29. The maximum Gasteiger partial charge on any atom is 0.331 e. The van der Waals surface area contributed by atoms with E-state index >= 15 is 0 Å². The molecule has 1 aliphatic heterocycles. The third-order valence-corrected chi connectivity index (χ3v) is 5.56. The van der Waals surface area contributed by atoms with E-state index in [4.69, 9.17) is 13.6 Å². The van der Waals surface area contributed by atoms with E-state index in [0.717, 1.165) is 25.9 Å². The standard InChI is InChI=1S/C14H29NO4Si/c1-14(2,8-10-15-9-6-7-13(15)16)18-11-12-19-20(4,5)17-3/h6-12H2,1-5H3. The van der Waals surface area contributed by atoms with Crippen molar-refractivity contribution in [3.8, 4) is 0 Å². The topological polar surface area (TPSA) is 48.0 Å². The van der Waals surface area contributed by atoms with Gasteiger partial charge < -0.3 is 18.5 Å². The van der Waals surface area contributed by atoms with Crippen molar-refractivity contribution >= 4 is 14.5 Å². The number of nitrogens with zero attached hydrogens (tertiary/aromatic N) is 1. The molecule has 0 atom stereocenters. The molecule has 0 aromatic carbocycles. The van der Waals surface area contributed by atoms with Crippen LogP contribution in [0.25, 0.3) is 0 Å². The molecule has 1 heterocycles. The second-order valence-corrected chi connectivity index (χ2v) is 9.79. The third kappa shape index (κ3) is 6.34. The molecule has 0 spiro atoms. The van der Waals surface area contributed by atoms with Crippen LogP contribution in [0.2, 0.25) is 13.1 Å². The van der Waals surface area contributed by atoms with E-state index < -0.39 is 8.56 Å². The highest BCUT2D eigenvalue weighted by atomic mass is 28.4. The van der Waals surface area contributed by atoms with E-state index in [0.29, 0.717) is 19.6 Å². The molecule has 0 unspecified atom stereocenters. The normalized spacial score (nSPS) is 17.1. The summed E-state index contributed by atoms with van der Waals surface area (Å²) in [6, 6.07) is 0. The first-order chi connectivity index (χ1) is 9.26. The lowest BCUT2D eigenvalue weighted by molar-refractivity contribution is -0.128. The molecule has 1 amide bonds. The van der Waals surface area contributed by atoms with Crippen molar-refractivity contribution in [1.29, 1.82) is 0 Å². The Morgan fingerprint density at radius 3 is 2.55 bits per heavy atom. The molecule has 1 fully saturated rings. The predicted molar refractivity (Wildman–Crippen MR) is 80.9 cm³/mol. The first-order valence-corrected chi connectivity index (χ1v) is 10.2. The van der Waals surface area contributed by atoms with Crippen molar-refractivity contribution in [2.45, 2.75) is 51.8 Å². The zero-order valence-corrected chi connectivity index (χ0v) is 14.5. The van der Waals surface area contributed by atoms with Crippen LogP contribution in [-0.4, -0.2) is 58.4 Å². The summed E-state index contributed by atoms with van der Waals surface area (Å²) in [5, 5.41) is 0. The summed E-state index contributed by atoms with van der Waals surface area (Å²) < 4.78 is 16.9. The monoisotopic (exact) mass is 303 g/mol. The summed E-state index contributed by atoms with van der Waals surface area (Å²) >= 11 is 0. The van der Waals surface area contributed by atoms with Gasteiger partial charge in [-0.05, 0) is 39.8 Å². The van der Waals surface area contributed by atoms with Gasteiger partial charge in [-0.15, -0.1) is 0 Å². The van der Waals surface area contributed by atoms with Gasteiger partial charge in [0.05, 0.1) is 18.8 Å². The Hall–Kier alpha value is -0.433. The molecule has 1 saturated heterocycles. The van der Waals surface area contributed by atoms with Crippen molar-refractivity contribution in [2.24, 2.45) is 0 Å². The summed E-state index contributed by atoms with van der Waals surface area (Å²) in [7, 11) is -0.271. The van der Waals surface area contributed by atoms with Crippen LogP contribution in [0.5, 0.6) is 0 Å². The van der Waals surface area contributed by atoms with Crippen LogP contribution in [0.3, 0.4) is 0 Å². The Morgan fingerprint density at radius 2 is 2.00 bits per heavy atom. The molecule has 1 aliphatic rings. The van der Waals surface area contributed by atoms with Crippen molar-refractivity contribution in [1.82, 2.24) is 4.90 Å². The molecule has 118 valence electrons. The molecule has 0 saturated carbocycles. The summed E-state index contributed by atoms with van der Waals surface area (Å²) in [5.41, 5.74) is -0.231. The SMILES string of the molecule is CO[Si](C)(C)OCCOC(C)(C)CCN1CCCC1=O. The quantitative estimate of drug-likeness (QED) is 0.484. The molecule has 0 aromatic rings. The van der Waals surface area contributed by atoms with E-state index in [9.17, 15) is 4.79 Å². The molecule has 6 heteroatoms. The lowest BCUT2D eigenvalue weighted by Crippen LogP contribution is -2.37.